The summed E-state index contributed by atoms with van der Waals surface area (Å²) < 4.78 is 11.1. The minimum absolute atomic E-state index is 0.0473. The van der Waals surface area contributed by atoms with Gasteiger partial charge >= 0.3 is 12.2 Å². The third-order valence-electron chi connectivity index (χ3n) is 2.38. The van der Waals surface area contributed by atoms with Crippen molar-refractivity contribution in [3.63, 3.8) is 0 Å². The monoisotopic (exact) mass is 460 g/mol. The molecule has 25 heavy (non-hydrogen) atoms. The van der Waals surface area contributed by atoms with Crippen molar-refractivity contribution in [3.05, 3.63) is 21.4 Å². The Bertz CT molecular complexity index is 674. The van der Waals surface area contributed by atoms with Gasteiger partial charge in [-0.3, -0.25) is 5.43 Å². The lowest BCUT2D eigenvalue weighted by Gasteiger charge is -2.28. The number of anilines is 1. The van der Waals surface area contributed by atoms with Crippen LogP contribution in [0.4, 0.5) is 15.4 Å². The predicted octanol–water partition coefficient (Wildman–Crippen LogP) is 4.06. The molecule has 0 spiro atoms. The van der Waals surface area contributed by atoms with Crippen LogP contribution in [0.1, 0.15) is 47.1 Å². The molecule has 0 aliphatic heterocycles. The fourth-order valence-electron chi connectivity index (χ4n) is 1.52. The van der Waals surface area contributed by atoms with Gasteiger partial charge in [0.15, 0.2) is 5.82 Å². The number of amides is 2. The van der Waals surface area contributed by atoms with E-state index in [1.165, 1.54) is 6.20 Å². The number of ether oxygens (including phenoxy) is 2. The molecule has 0 saturated heterocycles. The number of rotatable bonds is 2. The van der Waals surface area contributed by atoms with Crippen LogP contribution in [0.5, 0.6) is 0 Å². The maximum Gasteiger partial charge on any atom is 0.439 e. The van der Waals surface area contributed by atoms with Gasteiger partial charge in [-0.2, -0.15) is 5.26 Å². The fraction of sp³-hybridized carbons (Fsp3) is 0.500. The number of halogens is 1. The first-order chi connectivity index (χ1) is 11.3. The molecular formula is C16H21IN4O4. The van der Waals surface area contributed by atoms with E-state index in [-0.39, 0.29) is 11.4 Å². The molecule has 0 aliphatic carbocycles. The number of hydrogen-bond donors (Lipinski definition) is 1. The van der Waals surface area contributed by atoms with Gasteiger partial charge in [0.05, 0.1) is 0 Å². The highest BCUT2D eigenvalue weighted by Crippen LogP contribution is 2.21. The molecule has 9 heteroatoms. The second kappa shape index (κ2) is 7.86. The first-order valence-corrected chi connectivity index (χ1v) is 8.49. The Morgan fingerprint density at radius 1 is 1.16 bits per heavy atom. The first-order valence-electron chi connectivity index (χ1n) is 7.41. The zero-order valence-corrected chi connectivity index (χ0v) is 17.2. The van der Waals surface area contributed by atoms with Gasteiger partial charge in [0, 0.05) is 9.77 Å². The van der Waals surface area contributed by atoms with E-state index in [4.69, 9.17) is 9.47 Å². The van der Waals surface area contributed by atoms with E-state index in [2.05, 4.69) is 10.4 Å². The zero-order chi connectivity index (χ0) is 19.4. The predicted molar refractivity (Wildman–Crippen MR) is 99.6 cm³/mol. The lowest BCUT2D eigenvalue weighted by molar-refractivity contribution is 0.00633. The van der Waals surface area contributed by atoms with Crippen molar-refractivity contribution in [3.8, 4) is 6.07 Å². The molecule has 0 radical (unpaired) electrons. The SMILES string of the molecule is CC(C)(C)OC(=O)N(Nc1nccc(I)c1C#N)C(=O)OC(C)(C)C. The Hall–Kier alpha value is -2.09. The quantitative estimate of drug-likeness (QED) is 0.524. The maximum absolute atomic E-state index is 12.4. The molecule has 0 saturated carbocycles. The molecule has 0 bridgehead atoms. The summed E-state index contributed by atoms with van der Waals surface area (Å²) in [6, 6.07) is 3.61. The summed E-state index contributed by atoms with van der Waals surface area (Å²) in [6.07, 6.45) is -0.481. The zero-order valence-electron chi connectivity index (χ0n) is 15.0. The Morgan fingerprint density at radius 2 is 1.64 bits per heavy atom. The summed E-state index contributed by atoms with van der Waals surface area (Å²) in [5, 5.41) is 9.84. The van der Waals surface area contributed by atoms with E-state index in [0.29, 0.717) is 8.58 Å². The Kier molecular flexibility index (Phi) is 6.59. The fourth-order valence-corrected chi connectivity index (χ4v) is 2.05. The van der Waals surface area contributed by atoms with Crippen molar-refractivity contribution < 1.29 is 19.1 Å². The number of carbonyl (C=O) groups is 2. The third kappa shape index (κ3) is 6.74. The van der Waals surface area contributed by atoms with E-state index in [9.17, 15) is 14.9 Å². The number of pyridine rings is 1. The van der Waals surface area contributed by atoms with Crippen LogP contribution in [0.3, 0.4) is 0 Å². The minimum Gasteiger partial charge on any atom is -0.442 e. The molecule has 0 unspecified atom stereocenters. The van der Waals surface area contributed by atoms with E-state index >= 15 is 0 Å². The van der Waals surface area contributed by atoms with Gasteiger partial charge in [0.1, 0.15) is 22.8 Å². The van der Waals surface area contributed by atoms with Crippen molar-refractivity contribution >= 4 is 40.6 Å². The van der Waals surface area contributed by atoms with Gasteiger partial charge < -0.3 is 9.47 Å². The van der Waals surface area contributed by atoms with E-state index in [1.54, 1.807) is 47.6 Å². The average molecular weight is 460 g/mol. The maximum atomic E-state index is 12.4. The molecule has 1 rings (SSSR count). The molecule has 1 aromatic heterocycles. The number of nitriles is 1. The van der Waals surface area contributed by atoms with Crippen LogP contribution < -0.4 is 5.43 Å². The molecule has 1 aromatic rings. The van der Waals surface area contributed by atoms with E-state index < -0.39 is 23.4 Å². The van der Waals surface area contributed by atoms with Gasteiger partial charge in [-0.15, -0.1) is 5.01 Å². The van der Waals surface area contributed by atoms with E-state index in [1.807, 2.05) is 28.7 Å². The summed E-state index contributed by atoms with van der Waals surface area (Å²) in [5.41, 5.74) is 1.08. The van der Waals surface area contributed by atoms with Crippen molar-refractivity contribution in [1.82, 2.24) is 9.99 Å². The normalized spacial score (nSPS) is 11.3. The van der Waals surface area contributed by atoms with Gasteiger partial charge in [-0.25, -0.2) is 14.6 Å². The number of nitrogens with one attached hydrogen (secondary N) is 1. The summed E-state index contributed by atoms with van der Waals surface area (Å²) >= 11 is 1.96. The second-order valence-corrected chi connectivity index (χ2v) is 8.20. The number of hydrazine groups is 1. The standard InChI is InChI=1S/C16H21IN4O4/c1-15(2,3)24-13(22)21(14(23)25-16(4,5)6)20-12-10(9-18)11(17)7-8-19-12/h7-8H,1-6H3,(H,19,20). The molecule has 0 fully saturated rings. The summed E-state index contributed by atoms with van der Waals surface area (Å²) in [4.78, 5) is 28.8. The Morgan fingerprint density at radius 3 is 2.04 bits per heavy atom. The van der Waals surface area contributed by atoms with Gasteiger partial charge in [-0.05, 0) is 70.2 Å². The summed E-state index contributed by atoms with van der Waals surface area (Å²) in [5.74, 6) is 0.0473. The first kappa shape index (κ1) is 21.0. The van der Waals surface area contributed by atoms with Gasteiger partial charge in [0.25, 0.3) is 0 Å². The summed E-state index contributed by atoms with van der Waals surface area (Å²) in [7, 11) is 0. The molecule has 8 nitrogen and oxygen atoms in total. The smallest absolute Gasteiger partial charge is 0.439 e. The van der Waals surface area contributed by atoms with Crippen LogP contribution in [0.2, 0.25) is 0 Å². The molecular weight excluding hydrogens is 439 g/mol. The number of imide groups is 1. The molecule has 0 aromatic carbocycles. The van der Waals surface area contributed by atoms with Crippen LogP contribution in [-0.2, 0) is 9.47 Å². The largest absolute Gasteiger partial charge is 0.442 e. The number of carbonyl (C=O) groups excluding carboxylic acids is 2. The molecule has 1 heterocycles. The van der Waals surface area contributed by atoms with Crippen molar-refractivity contribution in [1.29, 1.82) is 5.26 Å². The van der Waals surface area contributed by atoms with Crippen LogP contribution in [0, 0.1) is 14.9 Å². The van der Waals surface area contributed by atoms with Crippen molar-refractivity contribution in [2.75, 3.05) is 5.43 Å². The lowest BCUT2D eigenvalue weighted by Crippen LogP contribution is -2.47. The Labute approximate surface area is 160 Å². The van der Waals surface area contributed by atoms with Gasteiger partial charge in [-0.1, -0.05) is 0 Å². The third-order valence-corrected chi connectivity index (χ3v) is 3.28. The van der Waals surface area contributed by atoms with Crippen LogP contribution in [0.15, 0.2) is 12.3 Å². The highest BCUT2D eigenvalue weighted by Gasteiger charge is 2.32. The average Bonchev–Trinajstić information content (AvgIpc) is 2.40. The molecule has 136 valence electrons. The van der Waals surface area contributed by atoms with E-state index in [0.717, 1.165) is 0 Å². The lowest BCUT2D eigenvalue weighted by atomic mass is 10.2. The molecule has 0 aliphatic rings. The van der Waals surface area contributed by atoms with Crippen molar-refractivity contribution in [2.24, 2.45) is 0 Å². The number of hydrogen-bond acceptors (Lipinski definition) is 7. The molecule has 1 N–H and O–H groups in total. The second-order valence-electron chi connectivity index (χ2n) is 7.04. The summed E-state index contributed by atoms with van der Waals surface area (Å²) in [6.45, 7) is 10.0. The number of nitrogens with zero attached hydrogens (tertiary/aromatic N) is 3. The molecule has 0 atom stereocenters. The van der Waals surface area contributed by atoms with Crippen LogP contribution in [-0.4, -0.2) is 33.4 Å². The van der Waals surface area contributed by atoms with Crippen LogP contribution >= 0.6 is 22.6 Å². The topological polar surface area (TPSA) is 105 Å². The van der Waals surface area contributed by atoms with Crippen LogP contribution in [0.25, 0.3) is 0 Å². The highest BCUT2D eigenvalue weighted by atomic mass is 127. The Balaban J connectivity index is 3.20. The van der Waals surface area contributed by atoms with Gasteiger partial charge in [0.2, 0.25) is 0 Å². The molecule has 2 amide bonds. The number of aromatic nitrogens is 1. The minimum atomic E-state index is -0.966. The highest BCUT2D eigenvalue weighted by molar-refractivity contribution is 14.1. The van der Waals surface area contributed by atoms with Crippen molar-refractivity contribution in [2.45, 2.75) is 52.7 Å².